The van der Waals surface area contributed by atoms with Crippen molar-refractivity contribution in [1.82, 2.24) is 4.90 Å². The molecule has 5 nitrogen and oxygen atoms in total. The Morgan fingerprint density at radius 3 is 2.50 bits per heavy atom. The second kappa shape index (κ2) is 8.99. The maximum Gasteiger partial charge on any atom is 0.270 e. The highest BCUT2D eigenvalue weighted by molar-refractivity contribution is 7.11. The number of rotatable bonds is 7. The van der Waals surface area contributed by atoms with Gasteiger partial charge in [-0.3, -0.25) is 14.9 Å². The summed E-state index contributed by atoms with van der Waals surface area (Å²) in [4.78, 5) is 27.6. The molecule has 0 aliphatic rings. The SMILES string of the molecule is Cc1ccc(CN(CCc2ccccc2)C(=O)c2ccc([N+](=O)[O-])cc2Cl)s1. The Labute approximate surface area is 172 Å². The number of halogens is 1. The quantitative estimate of drug-likeness (QED) is 0.378. The van der Waals surface area contributed by atoms with E-state index in [-0.39, 0.29) is 22.2 Å². The van der Waals surface area contributed by atoms with E-state index in [0.29, 0.717) is 19.5 Å². The maximum absolute atomic E-state index is 13.2. The molecule has 7 heteroatoms. The zero-order valence-electron chi connectivity index (χ0n) is 15.3. The van der Waals surface area contributed by atoms with Crippen LogP contribution in [0.4, 0.5) is 5.69 Å². The lowest BCUT2D eigenvalue weighted by atomic mass is 10.1. The van der Waals surface area contributed by atoms with Crippen LogP contribution in [0.2, 0.25) is 5.02 Å². The first-order chi connectivity index (χ1) is 13.4. The summed E-state index contributed by atoms with van der Waals surface area (Å²) in [5.74, 6) is -0.234. The molecule has 3 rings (SSSR count). The third kappa shape index (κ3) is 4.97. The lowest BCUT2D eigenvalue weighted by Gasteiger charge is -2.23. The van der Waals surface area contributed by atoms with Gasteiger partial charge in [-0.15, -0.1) is 11.3 Å². The molecule has 144 valence electrons. The average Bonchev–Trinajstić information content (AvgIpc) is 3.10. The molecule has 28 heavy (non-hydrogen) atoms. The molecule has 0 bridgehead atoms. The van der Waals surface area contributed by atoms with Crippen molar-refractivity contribution in [3.05, 3.63) is 96.7 Å². The van der Waals surface area contributed by atoms with E-state index in [2.05, 4.69) is 0 Å². The predicted molar refractivity (Wildman–Crippen MR) is 112 cm³/mol. The first-order valence-electron chi connectivity index (χ1n) is 8.76. The van der Waals surface area contributed by atoms with E-state index < -0.39 is 4.92 Å². The number of hydrogen-bond acceptors (Lipinski definition) is 4. The van der Waals surface area contributed by atoms with Gasteiger partial charge >= 0.3 is 0 Å². The minimum atomic E-state index is -0.526. The highest BCUT2D eigenvalue weighted by Gasteiger charge is 2.21. The summed E-state index contributed by atoms with van der Waals surface area (Å²) in [5, 5.41) is 11.0. The van der Waals surface area contributed by atoms with E-state index in [4.69, 9.17) is 11.6 Å². The Morgan fingerprint density at radius 1 is 1.14 bits per heavy atom. The van der Waals surface area contributed by atoms with Crippen LogP contribution >= 0.6 is 22.9 Å². The average molecular weight is 415 g/mol. The van der Waals surface area contributed by atoms with E-state index >= 15 is 0 Å². The zero-order chi connectivity index (χ0) is 20.1. The Bertz CT molecular complexity index is 988. The molecule has 3 aromatic rings. The number of aryl methyl sites for hydroxylation is 1. The maximum atomic E-state index is 13.2. The number of hydrogen-bond donors (Lipinski definition) is 0. The Hall–Kier alpha value is -2.70. The van der Waals surface area contributed by atoms with Crippen LogP contribution in [0.5, 0.6) is 0 Å². The predicted octanol–water partition coefficient (Wildman–Crippen LogP) is 5.50. The van der Waals surface area contributed by atoms with Gasteiger partial charge in [0.2, 0.25) is 0 Å². The second-order valence-electron chi connectivity index (χ2n) is 6.40. The molecular formula is C21H19ClN2O3S. The summed E-state index contributed by atoms with van der Waals surface area (Å²) in [6.45, 7) is 3.02. The van der Waals surface area contributed by atoms with Crippen LogP contribution in [0.3, 0.4) is 0 Å². The third-order valence-corrected chi connectivity index (χ3v) is 5.64. The smallest absolute Gasteiger partial charge is 0.270 e. The van der Waals surface area contributed by atoms with Crippen LogP contribution < -0.4 is 0 Å². The van der Waals surface area contributed by atoms with Gasteiger partial charge in [-0.25, -0.2) is 0 Å². The second-order valence-corrected chi connectivity index (χ2v) is 8.18. The number of nitro benzene ring substituents is 1. The Balaban J connectivity index is 1.84. The van der Waals surface area contributed by atoms with Gasteiger partial charge in [0, 0.05) is 28.4 Å². The van der Waals surface area contributed by atoms with E-state index in [1.807, 2.05) is 49.4 Å². The molecule has 0 saturated carbocycles. The molecule has 0 N–H and O–H groups in total. The normalized spacial score (nSPS) is 10.6. The Morgan fingerprint density at radius 2 is 1.89 bits per heavy atom. The summed E-state index contributed by atoms with van der Waals surface area (Å²) >= 11 is 7.83. The molecule has 0 saturated heterocycles. The minimum absolute atomic E-state index is 0.0891. The molecule has 1 amide bonds. The van der Waals surface area contributed by atoms with Gasteiger partial charge in [-0.1, -0.05) is 41.9 Å². The van der Waals surface area contributed by atoms with Crippen LogP contribution in [0.15, 0.2) is 60.7 Å². The molecule has 0 unspecified atom stereocenters. The largest absolute Gasteiger partial charge is 0.333 e. The highest BCUT2D eigenvalue weighted by Crippen LogP contribution is 2.25. The van der Waals surface area contributed by atoms with Crippen molar-refractivity contribution in [2.24, 2.45) is 0 Å². The van der Waals surface area contributed by atoms with Gasteiger partial charge in [0.1, 0.15) is 0 Å². The van der Waals surface area contributed by atoms with Crippen molar-refractivity contribution in [2.45, 2.75) is 19.9 Å². The number of thiophene rings is 1. The first kappa shape index (κ1) is 20.0. The Kier molecular flexibility index (Phi) is 6.44. The van der Waals surface area contributed by atoms with Crippen molar-refractivity contribution in [1.29, 1.82) is 0 Å². The highest BCUT2D eigenvalue weighted by atomic mass is 35.5. The van der Waals surface area contributed by atoms with Crippen molar-refractivity contribution in [3.8, 4) is 0 Å². The van der Waals surface area contributed by atoms with Gasteiger partial charge in [0.05, 0.1) is 22.1 Å². The summed E-state index contributed by atoms with van der Waals surface area (Å²) < 4.78 is 0. The fraction of sp³-hybridized carbons (Fsp3) is 0.190. The zero-order valence-corrected chi connectivity index (χ0v) is 16.9. The molecule has 1 aromatic heterocycles. The summed E-state index contributed by atoms with van der Waals surface area (Å²) in [7, 11) is 0. The standard InChI is InChI=1S/C21H19ClN2O3S/c1-15-7-9-18(28-15)14-23(12-11-16-5-3-2-4-6-16)21(25)19-10-8-17(24(26)27)13-20(19)22/h2-10,13H,11-12,14H2,1H3. The molecule has 0 radical (unpaired) electrons. The van der Waals surface area contributed by atoms with Crippen LogP contribution in [-0.2, 0) is 13.0 Å². The lowest BCUT2D eigenvalue weighted by Crippen LogP contribution is -2.32. The van der Waals surface area contributed by atoms with Gasteiger partial charge in [0.15, 0.2) is 0 Å². The number of carbonyl (C=O) groups excluding carboxylic acids is 1. The van der Waals surface area contributed by atoms with E-state index in [1.54, 1.807) is 16.2 Å². The van der Waals surface area contributed by atoms with E-state index in [9.17, 15) is 14.9 Å². The molecule has 0 spiro atoms. The van der Waals surface area contributed by atoms with Crippen molar-refractivity contribution in [3.63, 3.8) is 0 Å². The summed E-state index contributed by atoms with van der Waals surface area (Å²) in [5.41, 5.74) is 1.28. The van der Waals surface area contributed by atoms with Gasteiger partial charge < -0.3 is 4.90 Å². The summed E-state index contributed by atoms with van der Waals surface area (Å²) in [6, 6.07) is 17.9. The van der Waals surface area contributed by atoms with Gasteiger partial charge in [0.25, 0.3) is 11.6 Å². The minimum Gasteiger partial charge on any atom is -0.333 e. The van der Waals surface area contributed by atoms with Gasteiger partial charge in [-0.2, -0.15) is 0 Å². The molecular weight excluding hydrogens is 396 g/mol. The van der Waals surface area contributed by atoms with Crippen LogP contribution in [0, 0.1) is 17.0 Å². The fourth-order valence-electron chi connectivity index (χ4n) is 2.88. The van der Waals surface area contributed by atoms with Crippen LogP contribution in [0.25, 0.3) is 0 Å². The van der Waals surface area contributed by atoms with E-state index in [0.717, 1.165) is 10.4 Å². The molecule has 0 aliphatic heterocycles. The number of nitro groups is 1. The molecule has 2 aromatic carbocycles. The number of benzene rings is 2. The molecule has 0 fully saturated rings. The third-order valence-electron chi connectivity index (χ3n) is 4.34. The monoisotopic (exact) mass is 414 g/mol. The summed E-state index contributed by atoms with van der Waals surface area (Å²) in [6.07, 6.45) is 0.710. The van der Waals surface area contributed by atoms with Crippen LogP contribution in [-0.4, -0.2) is 22.3 Å². The first-order valence-corrected chi connectivity index (χ1v) is 9.96. The van der Waals surface area contributed by atoms with Crippen molar-refractivity contribution < 1.29 is 9.72 Å². The number of carbonyl (C=O) groups is 1. The molecule has 1 heterocycles. The number of non-ortho nitro benzene ring substituents is 1. The lowest BCUT2D eigenvalue weighted by molar-refractivity contribution is -0.384. The van der Waals surface area contributed by atoms with E-state index in [1.165, 1.54) is 23.1 Å². The number of amides is 1. The van der Waals surface area contributed by atoms with Crippen molar-refractivity contribution >= 4 is 34.5 Å². The van der Waals surface area contributed by atoms with Crippen LogP contribution in [0.1, 0.15) is 25.7 Å². The fourth-order valence-corrected chi connectivity index (χ4v) is 4.04. The molecule has 0 atom stereocenters. The van der Waals surface area contributed by atoms with Crippen molar-refractivity contribution in [2.75, 3.05) is 6.54 Å². The number of nitrogens with zero attached hydrogens (tertiary/aromatic N) is 2. The van der Waals surface area contributed by atoms with Gasteiger partial charge in [-0.05, 0) is 37.1 Å². The topological polar surface area (TPSA) is 63.5 Å². The molecule has 0 aliphatic carbocycles.